The Morgan fingerprint density at radius 3 is 2.47 bits per heavy atom. The monoisotopic (exact) mass is 216 g/mol. The second-order valence-corrected chi connectivity index (χ2v) is 2.93. The zero-order chi connectivity index (χ0) is 11.5. The number of alkyl halides is 3. The van der Waals surface area contributed by atoms with Gasteiger partial charge in [-0.1, -0.05) is 12.7 Å². The summed E-state index contributed by atoms with van der Waals surface area (Å²) in [7, 11) is 0. The number of benzene rings is 1. The predicted octanol–water partition coefficient (Wildman–Crippen LogP) is 3.75. The van der Waals surface area contributed by atoms with Crippen molar-refractivity contribution in [3.8, 4) is 5.75 Å². The van der Waals surface area contributed by atoms with Crippen LogP contribution in [-0.4, -0.2) is 6.61 Å². The second kappa shape index (κ2) is 4.38. The van der Waals surface area contributed by atoms with Crippen LogP contribution in [0.5, 0.6) is 5.75 Å². The van der Waals surface area contributed by atoms with E-state index in [-0.39, 0.29) is 5.75 Å². The average Bonchev–Trinajstić information content (AvgIpc) is 2.16. The van der Waals surface area contributed by atoms with Gasteiger partial charge in [0.15, 0.2) is 0 Å². The minimum atomic E-state index is -4.36. The van der Waals surface area contributed by atoms with Gasteiger partial charge in [0.05, 0.1) is 12.2 Å². The number of rotatable bonds is 3. The van der Waals surface area contributed by atoms with Gasteiger partial charge in [0, 0.05) is 0 Å². The van der Waals surface area contributed by atoms with Gasteiger partial charge in [-0.2, -0.15) is 13.2 Å². The zero-order valence-corrected chi connectivity index (χ0v) is 8.27. The lowest BCUT2D eigenvalue weighted by molar-refractivity contribution is -0.137. The van der Waals surface area contributed by atoms with E-state index in [1.54, 1.807) is 6.92 Å². The molecule has 0 saturated heterocycles. The van der Waals surface area contributed by atoms with Crippen molar-refractivity contribution in [2.24, 2.45) is 0 Å². The summed E-state index contributed by atoms with van der Waals surface area (Å²) in [6.45, 7) is 5.48. The second-order valence-electron chi connectivity index (χ2n) is 2.93. The molecular weight excluding hydrogens is 205 g/mol. The fourth-order valence-corrected chi connectivity index (χ4v) is 1.15. The Labute approximate surface area is 86.2 Å². The van der Waals surface area contributed by atoms with E-state index < -0.39 is 11.7 Å². The minimum Gasteiger partial charge on any atom is -0.494 e. The van der Waals surface area contributed by atoms with E-state index in [0.717, 1.165) is 12.1 Å². The summed E-state index contributed by atoms with van der Waals surface area (Å²) in [5.74, 6) is 0.210. The van der Waals surface area contributed by atoms with Gasteiger partial charge in [0.25, 0.3) is 0 Å². The predicted molar refractivity (Wildman–Crippen MR) is 52.7 cm³/mol. The van der Waals surface area contributed by atoms with Crippen molar-refractivity contribution in [2.75, 3.05) is 6.61 Å². The van der Waals surface area contributed by atoms with Crippen molar-refractivity contribution < 1.29 is 17.9 Å². The quantitative estimate of drug-likeness (QED) is 0.747. The molecule has 0 saturated carbocycles. The van der Waals surface area contributed by atoms with Crippen molar-refractivity contribution in [1.29, 1.82) is 0 Å². The molecule has 0 atom stereocenters. The maximum absolute atomic E-state index is 12.4. The molecule has 0 heterocycles. The first kappa shape index (κ1) is 11.6. The van der Waals surface area contributed by atoms with Crippen LogP contribution in [-0.2, 0) is 6.18 Å². The maximum atomic E-state index is 12.4. The maximum Gasteiger partial charge on any atom is 0.416 e. The van der Waals surface area contributed by atoms with Crippen molar-refractivity contribution in [3.05, 3.63) is 35.9 Å². The highest BCUT2D eigenvalue weighted by Gasteiger charge is 2.31. The van der Waals surface area contributed by atoms with Crippen LogP contribution in [0.4, 0.5) is 13.2 Å². The van der Waals surface area contributed by atoms with Gasteiger partial charge in [-0.25, -0.2) is 0 Å². The molecule has 0 amide bonds. The lowest BCUT2D eigenvalue weighted by Gasteiger charge is -2.10. The Morgan fingerprint density at radius 2 is 2.00 bits per heavy atom. The smallest absolute Gasteiger partial charge is 0.416 e. The van der Waals surface area contributed by atoms with Gasteiger partial charge in [0.2, 0.25) is 0 Å². The molecule has 0 N–H and O–H groups in total. The molecule has 15 heavy (non-hydrogen) atoms. The molecule has 0 spiro atoms. The summed E-state index contributed by atoms with van der Waals surface area (Å²) < 4.78 is 42.3. The van der Waals surface area contributed by atoms with Crippen molar-refractivity contribution in [3.63, 3.8) is 0 Å². The Kier molecular flexibility index (Phi) is 3.39. The highest BCUT2D eigenvalue weighted by Crippen LogP contribution is 2.32. The molecule has 0 aliphatic carbocycles. The van der Waals surface area contributed by atoms with Crippen LogP contribution in [0.1, 0.15) is 18.1 Å². The van der Waals surface area contributed by atoms with Gasteiger partial charge in [0.1, 0.15) is 5.75 Å². The number of hydrogen-bond acceptors (Lipinski definition) is 1. The number of ether oxygens (including phenoxy) is 1. The standard InChI is InChI=1S/C11H11F3O/c1-3-8-5-9(11(12,13)14)7-10(6-8)15-4-2/h3,5-7H,1,4H2,2H3. The number of halogens is 3. The van der Waals surface area contributed by atoms with Gasteiger partial charge in [-0.15, -0.1) is 0 Å². The molecule has 0 radical (unpaired) electrons. The van der Waals surface area contributed by atoms with Gasteiger partial charge < -0.3 is 4.74 Å². The topological polar surface area (TPSA) is 9.23 Å². The fraction of sp³-hybridized carbons (Fsp3) is 0.273. The molecule has 1 nitrogen and oxygen atoms in total. The van der Waals surface area contributed by atoms with E-state index in [1.807, 2.05) is 0 Å². The lowest BCUT2D eigenvalue weighted by atomic mass is 10.1. The van der Waals surface area contributed by atoms with E-state index in [0.29, 0.717) is 12.2 Å². The third kappa shape index (κ3) is 3.01. The summed E-state index contributed by atoms with van der Waals surface area (Å²) in [6.07, 6.45) is -3.00. The highest BCUT2D eigenvalue weighted by atomic mass is 19.4. The summed E-state index contributed by atoms with van der Waals surface area (Å²) in [5, 5.41) is 0. The van der Waals surface area contributed by atoms with E-state index >= 15 is 0 Å². The Hall–Kier alpha value is -1.45. The molecule has 0 aromatic heterocycles. The van der Waals surface area contributed by atoms with E-state index in [4.69, 9.17) is 4.74 Å². The molecule has 82 valence electrons. The fourth-order valence-electron chi connectivity index (χ4n) is 1.15. The molecule has 0 fully saturated rings. The van der Waals surface area contributed by atoms with Crippen molar-refractivity contribution in [1.82, 2.24) is 0 Å². The average molecular weight is 216 g/mol. The van der Waals surface area contributed by atoms with E-state index in [9.17, 15) is 13.2 Å². The van der Waals surface area contributed by atoms with Gasteiger partial charge in [-0.05, 0) is 30.7 Å². The zero-order valence-electron chi connectivity index (χ0n) is 8.27. The van der Waals surface area contributed by atoms with Gasteiger partial charge >= 0.3 is 6.18 Å². The van der Waals surface area contributed by atoms with E-state index in [2.05, 4.69) is 6.58 Å². The number of hydrogen-bond donors (Lipinski definition) is 0. The molecule has 4 heteroatoms. The van der Waals surface area contributed by atoms with E-state index in [1.165, 1.54) is 12.1 Å². The molecule has 1 aromatic carbocycles. The summed E-state index contributed by atoms with van der Waals surface area (Å²) in [5.41, 5.74) is -0.323. The van der Waals surface area contributed by atoms with Crippen LogP contribution in [0, 0.1) is 0 Å². The normalized spacial score (nSPS) is 11.2. The van der Waals surface area contributed by atoms with Crippen LogP contribution in [0.15, 0.2) is 24.8 Å². The largest absolute Gasteiger partial charge is 0.494 e. The third-order valence-electron chi connectivity index (χ3n) is 1.80. The minimum absolute atomic E-state index is 0.210. The molecule has 0 aliphatic rings. The summed E-state index contributed by atoms with van der Waals surface area (Å²) >= 11 is 0. The molecule has 0 aliphatic heterocycles. The molecule has 0 bridgehead atoms. The van der Waals surface area contributed by atoms with Crippen LogP contribution >= 0.6 is 0 Å². The first-order valence-corrected chi connectivity index (χ1v) is 4.45. The van der Waals surface area contributed by atoms with Crippen LogP contribution in [0.3, 0.4) is 0 Å². The van der Waals surface area contributed by atoms with Crippen LogP contribution < -0.4 is 4.74 Å². The molecular formula is C11H11F3O. The SMILES string of the molecule is C=Cc1cc(OCC)cc(C(F)(F)F)c1. The first-order chi connectivity index (χ1) is 6.97. The van der Waals surface area contributed by atoms with Crippen LogP contribution in [0.25, 0.3) is 6.08 Å². The first-order valence-electron chi connectivity index (χ1n) is 4.45. The van der Waals surface area contributed by atoms with Gasteiger partial charge in [-0.3, -0.25) is 0 Å². The Balaban J connectivity index is 3.17. The van der Waals surface area contributed by atoms with Crippen molar-refractivity contribution in [2.45, 2.75) is 13.1 Å². The highest BCUT2D eigenvalue weighted by molar-refractivity contribution is 5.52. The summed E-state index contributed by atoms with van der Waals surface area (Å²) in [4.78, 5) is 0. The molecule has 0 unspecified atom stereocenters. The summed E-state index contributed by atoms with van der Waals surface area (Å²) in [6, 6.07) is 3.54. The Bertz CT molecular complexity index is 355. The van der Waals surface area contributed by atoms with Crippen LogP contribution in [0.2, 0.25) is 0 Å². The molecule has 1 aromatic rings. The third-order valence-corrected chi connectivity index (χ3v) is 1.80. The van der Waals surface area contributed by atoms with Crippen molar-refractivity contribution >= 4 is 6.08 Å². The lowest BCUT2D eigenvalue weighted by Crippen LogP contribution is -2.06. The molecule has 1 rings (SSSR count). The Morgan fingerprint density at radius 1 is 1.33 bits per heavy atom.